The standard InChI is InChI=1S/C28H30N4O3/c1-29-22-8-6-21(7-9-22)23-4-3-5-24-27(23)30-19-25(28(24)34-2)31-12-14-32(15-13-31)26(33)18-20-10-16-35-17-11-20/h3-9,19-20H,10-18H2,2H3. The molecule has 180 valence electrons. The van der Waals surface area contributed by atoms with Crippen molar-refractivity contribution in [2.45, 2.75) is 19.3 Å². The second-order valence-corrected chi connectivity index (χ2v) is 9.16. The number of pyridine rings is 1. The molecule has 2 fully saturated rings. The van der Waals surface area contributed by atoms with Gasteiger partial charge in [-0.25, -0.2) is 4.85 Å². The first-order valence-electron chi connectivity index (χ1n) is 12.2. The highest BCUT2D eigenvalue weighted by Crippen LogP contribution is 2.39. The van der Waals surface area contributed by atoms with Crippen molar-refractivity contribution in [3.05, 3.63) is 60.1 Å². The minimum Gasteiger partial charge on any atom is -0.494 e. The molecule has 3 heterocycles. The van der Waals surface area contributed by atoms with Crippen molar-refractivity contribution in [3.8, 4) is 16.9 Å². The van der Waals surface area contributed by atoms with E-state index in [1.54, 1.807) is 7.11 Å². The van der Waals surface area contributed by atoms with Crippen LogP contribution in [0.25, 0.3) is 26.9 Å². The Balaban J connectivity index is 1.34. The van der Waals surface area contributed by atoms with Crippen molar-refractivity contribution in [2.24, 2.45) is 5.92 Å². The number of anilines is 1. The topological polar surface area (TPSA) is 59.3 Å². The van der Waals surface area contributed by atoms with Gasteiger partial charge in [-0.3, -0.25) is 9.78 Å². The summed E-state index contributed by atoms with van der Waals surface area (Å²) >= 11 is 0. The number of carbonyl (C=O) groups excluding carboxylic acids is 1. The lowest BCUT2D eigenvalue weighted by Crippen LogP contribution is -2.49. The van der Waals surface area contributed by atoms with E-state index in [-0.39, 0.29) is 5.91 Å². The number of carbonyl (C=O) groups is 1. The molecule has 0 saturated carbocycles. The summed E-state index contributed by atoms with van der Waals surface area (Å²) in [7, 11) is 1.70. The molecule has 7 heteroatoms. The van der Waals surface area contributed by atoms with Crippen molar-refractivity contribution in [3.63, 3.8) is 0 Å². The molecule has 0 unspecified atom stereocenters. The van der Waals surface area contributed by atoms with Gasteiger partial charge >= 0.3 is 0 Å². The van der Waals surface area contributed by atoms with E-state index in [4.69, 9.17) is 21.0 Å². The van der Waals surface area contributed by atoms with Crippen LogP contribution in [0.15, 0.2) is 48.7 Å². The lowest BCUT2D eigenvalue weighted by molar-refractivity contribution is -0.133. The number of amides is 1. The average molecular weight is 471 g/mol. The van der Waals surface area contributed by atoms with Crippen LogP contribution in [0.2, 0.25) is 0 Å². The predicted octanol–water partition coefficient (Wildman–Crippen LogP) is 4.93. The minimum atomic E-state index is 0.258. The first kappa shape index (κ1) is 23.1. The molecule has 7 nitrogen and oxygen atoms in total. The molecule has 5 rings (SSSR count). The van der Waals surface area contributed by atoms with Crippen LogP contribution < -0.4 is 9.64 Å². The lowest BCUT2D eigenvalue weighted by Gasteiger charge is -2.37. The molecular formula is C28H30N4O3. The van der Waals surface area contributed by atoms with Crippen LogP contribution in [0.5, 0.6) is 5.75 Å². The fourth-order valence-electron chi connectivity index (χ4n) is 5.10. The maximum Gasteiger partial charge on any atom is 0.222 e. The third kappa shape index (κ3) is 4.80. The summed E-state index contributed by atoms with van der Waals surface area (Å²) in [6.07, 6.45) is 4.48. The van der Waals surface area contributed by atoms with E-state index in [2.05, 4.69) is 9.74 Å². The normalized spacial score (nSPS) is 16.8. The Morgan fingerprint density at radius 2 is 1.86 bits per heavy atom. The van der Waals surface area contributed by atoms with Gasteiger partial charge < -0.3 is 19.3 Å². The molecule has 0 atom stereocenters. The molecule has 0 radical (unpaired) electrons. The van der Waals surface area contributed by atoms with Gasteiger partial charge in [0.1, 0.15) is 0 Å². The highest BCUT2D eigenvalue weighted by molar-refractivity contribution is 5.99. The van der Waals surface area contributed by atoms with Gasteiger partial charge in [-0.2, -0.15) is 0 Å². The van der Waals surface area contributed by atoms with Crippen molar-refractivity contribution in [2.75, 3.05) is 51.4 Å². The Bertz CT molecular complexity index is 1240. The van der Waals surface area contributed by atoms with Crippen LogP contribution in [0, 0.1) is 12.5 Å². The molecule has 2 aliphatic rings. The lowest BCUT2D eigenvalue weighted by atomic mass is 9.96. The number of aromatic nitrogens is 1. The van der Waals surface area contributed by atoms with Crippen LogP contribution in [0.3, 0.4) is 0 Å². The van der Waals surface area contributed by atoms with Crippen LogP contribution in [-0.4, -0.2) is 62.3 Å². The monoisotopic (exact) mass is 470 g/mol. The molecule has 0 spiro atoms. The van der Waals surface area contributed by atoms with Gasteiger partial charge in [-0.05, 0) is 30.4 Å². The van der Waals surface area contributed by atoms with Gasteiger partial charge in [0.05, 0.1) is 31.1 Å². The van der Waals surface area contributed by atoms with Gasteiger partial charge in [0.2, 0.25) is 5.91 Å². The van der Waals surface area contributed by atoms with E-state index < -0.39 is 0 Å². The van der Waals surface area contributed by atoms with Crippen molar-refractivity contribution >= 4 is 28.2 Å². The van der Waals surface area contributed by atoms with E-state index in [9.17, 15) is 4.79 Å². The van der Waals surface area contributed by atoms with E-state index in [0.717, 1.165) is 72.6 Å². The third-order valence-electron chi connectivity index (χ3n) is 7.12. The second kappa shape index (κ2) is 10.3. The Kier molecular flexibility index (Phi) is 6.82. The first-order chi connectivity index (χ1) is 17.2. The quantitative estimate of drug-likeness (QED) is 0.495. The van der Waals surface area contributed by atoms with Crippen LogP contribution in [0.4, 0.5) is 11.4 Å². The highest BCUT2D eigenvalue weighted by Gasteiger charge is 2.26. The van der Waals surface area contributed by atoms with Crippen molar-refractivity contribution < 1.29 is 14.3 Å². The number of ether oxygens (including phenoxy) is 2. The van der Waals surface area contributed by atoms with Gasteiger partial charge in [0.15, 0.2) is 11.4 Å². The average Bonchev–Trinajstić information content (AvgIpc) is 2.92. The van der Waals surface area contributed by atoms with E-state index in [0.29, 0.717) is 31.1 Å². The number of methoxy groups -OCH3 is 1. The number of para-hydroxylation sites is 1. The number of piperazine rings is 1. The Labute approximate surface area is 206 Å². The van der Waals surface area contributed by atoms with Crippen LogP contribution >= 0.6 is 0 Å². The molecule has 2 aliphatic heterocycles. The Morgan fingerprint density at radius 1 is 1.11 bits per heavy atom. The number of hydrogen-bond donors (Lipinski definition) is 0. The Hall–Kier alpha value is -3.63. The molecule has 0 N–H and O–H groups in total. The molecule has 0 aliphatic carbocycles. The number of nitrogens with zero attached hydrogens (tertiary/aromatic N) is 4. The molecular weight excluding hydrogens is 440 g/mol. The van der Waals surface area contributed by atoms with Gasteiger partial charge in [0.25, 0.3) is 0 Å². The van der Waals surface area contributed by atoms with E-state index >= 15 is 0 Å². The van der Waals surface area contributed by atoms with Crippen molar-refractivity contribution in [1.82, 2.24) is 9.88 Å². The number of benzene rings is 2. The minimum absolute atomic E-state index is 0.258. The SMILES string of the molecule is [C-]#[N+]c1ccc(-c2cccc3c(OC)c(N4CCN(C(=O)CC5CCOCC5)CC4)cnc23)cc1. The summed E-state index contributed by atoms with van der Waals surface area (Å²) in [5, 5.41) is 0.953. The number of rotatable bonds is 5. The highest BCUT2D eigenvalue weighted by atomic mass is 16.5. The second-order valence-electron chi connectivity index (χ2n) is 9.16. The zero-order valence-electron chi connectivity index (χ0n) is 20.1. The molecule has 3 aromatic rings. The molecule has 1 amide bonds. The van der Waals surface area contributed by atoms with Crippen LogP contribution in [0.1, 0.15) is 19.3 Å². The fourth-order valence-corrected chi connectivity index (χ4v) is 5.10. The van der Waals surface area contributed by atoms with Gasteiger partial charge in [-0.15, -0.1) is 0 Å². The molecule has 2 aromatic carbocycles. The maximum atomic E-state index is 12.8. The summed E-state index contributed by atoms with van der Waals surface area (Å²) in [5.74, 6) is 1.51. The number of fused-ring (bicyclic) bond motifs is 1. The smallest absolute Gasteiger partial charge is 0.222 e. The summed E-state index contributed by atoms with van der Waals surface area (Å²) in [6, 6.07) is 13.7. The van der Waals surface area contributed by atoms with E-state index in [1.807, 2.05) is 53.6 Å². The molecule has 0 bridgehead atoms. The fraction of sp³-hybridized carbons (Fsp3) is 0.393. The third-order valence-corrected chi connectivity index (χ3v) is 7.12. The summed E-state index contributed by atoms with van der Waals surface area (Å²) in [6.45, 7) is 11.6. The predicted molar refractivity (Wildman–Crippen MR) is 137 cm³/mol. The maximum absolute atomic E-state index is 12.8. The summed E-state index contributed by atoms with van der Waals surface area (Å²) < 4.78 is 11.3. The van der Waals surface area contributed by atoms with Gasteiger partial charge in [0, 0.05) is 56.8 Å². The number of hydrogen-bond acceptors (Lipinski definition) is 5. The molecule has 1 aromatic heterocycles. The zero-order valence-corrected chi connectivity index (χ0v) is 20.1. The molecule has 2 saturated heterocycles. The van der Waals surface area contributed by atoms with E-state index in [1.165, 1.54) is 0 Å². The first-order valence-corrected chi connectivity index (χ1v) is 12.2. The summed E-state index contributed by atoms with van der Waals surface area (Å²) in [4.78, 5) is 25.4. The largest absolute Gasteiger partial charge is 0.494 e. The van der Waals surface area contributed by atoms with Crippen LogP contribution in [-0.2, 0) is 9.53 Å². The summed E-state index contributed by atoms with van der Waals surface area (Å²) in [5.41, 5.74) is 4.47. The van der Waals surface area contributed by atoms with Crippen molar-refractivity contribution in [1.29, 1.82) is 0 Å². The zero-order chi connectivity index (χ0) is 24.2. The Morgan fingerprint density at radius 3 is 2.54 bits per heavy atom. The van der Waals surface area contributed by atoms with Gasteiger partial charge in [-0.1, -0.05) is 36.4 Å². The molecule has 35 heavy (non-hydrogen) atoms.